The molecule has 1 aliphatic heterocycles. The molecule has 1 saturated carbocycles. The monoisotopic (exact) mass is 447 g/mol. The van der Waals surface area contributed by atoms with E-state index in [-0.39, 0.29) is 37.1 Å². The van der Waals surface area contributed by atoms with Crippen molar-refractivity contribution in [3.8, 4) is 0 Å². The van der Waals surface area contributed by atoms with Gasteiger partial charge in [-0.05, 0) is 44.0 Å². The number of amides is 2. The summed E-state index contributed by atoms with van der Waals surface area (Å²) in [5.41, 5.74) is 1.06. The highest BCUT2D eigenvalue weighted by Gasteiger charge is 2.38. The van der Waals surface area contributed by atoms with E-state index >= 15 is 0 Å². The first-order valence-corrected chi connectivity index (χ1v) is 10.5. The number of nitrogens with zero attached hydrogens (tertiary/aromatic N) is 1. The third kappa shape index (κ3) is 4.75. The first-order chi connectivity index (χ1) is 15.0. The largest absolute Gasteiger partial charge is 0.467 e. The van der Waals surface area contributed by atoms with E-state index in [9.17, 15) is 14.0 Å². The maximum absolute atomic E-state index is 14.4. The van der Waals surface area contributed by atoms with Gasteiger partial charge in [-0.1, -0.05) is 17.7 Å². The number of carbonyl (C=O) groups is 2. The Hall–Kier alpha value is -2.84. The lowest BCUT2D eigenvalue weighted by atomic mass is 9.99. The van der Waals surface area contributed by atoms with E-state index < -0.39 is 18.0 Å². The standard InChI is InChI=1S/C22H23ClFN3O4/c1-2-30-21(28)19-17(25-22(29)26-20(19)18-7-4-10-31-18)12-27(13-8-9-13)11-14-15(23)5-3-6-16(14)24/h3-7,10,13,20H,2,8-9,11-12H2,1H3,(H2,25,26,29). The van der Waals surface area contributed by atoms with E-state index in [1.54, 1.807) is 31.2 Å². The van der Waals surface area contributed by atoms with Crippen molar-refractivity contribution >= 4 is 23.6 Å². The lowest BCUT2D eigenvalue weighted by Crippen LogP contribution is -2.48. The molecule has 0 saturated heterocycles. The van der Waals surface area contributed by atoms with Gasteiger partial charge in [0, 0.05) is 35.4 Å². The van der Waals surface area contributed by atoms with Crippen LogP contribution in [-0.4, -0.2) is 36.1 Å². The van der Waals surface area contributed by atoms with Crippen LogP contribution in [0.15, 0.2) is 52.3 Å². The second kappa shape index (κ2) is 9.11. The second-order valence-electron chi connectivity index (χ2n) is 7.50. The maximum atomic E-state index is 14.4. The molecule has 2 N–H and O–H groups in total. The molecule has 0 radical (unpaired) electrons. The lowest BCUT2D eigenvalue weighted by Gasteiger charge is -2.31. The van der Waals surface area contributed by atoms with Crippen molar-refractivity contribution in [2.24, 2.45) is 0 Å². The van der Waals surface area contributed by atoms with E-state index in [1.165, 1.54) is 12.3 Å². The van der Waals surface area contributed by atoms with Crippen LogP contribution in [0.1, 0.15) is 37.1 Å². The SMILES string of the molecule is CCOC(=O)C1=C(CN(Cc2c(F)cccc2Cl)C2CC2)NC(=O)NC1c1ccco1. The Morgan fingerprint density at radius 1 is 1.29 bits per heavy atom. The molecule has 1 fully saturated rings. The molecule has 1 aliphatic carbocycles. The molecule has 1 aromatic carbocycles. The average Bonchev–Trinajstić information content (AvgIpc) is 3.43. The van der Waals surface area contributed by atoms with Crippen LogP contribution >= 0.6 is 11.6 Å². The van der Waals surface area contributed by atoms with Crippen LogP contribution in [0.25, 0.3) is 0 Å². The van der Waals surface area contributed by atoms with Crippen molar-refractivity contribution in [1.82, 2.24) is 15.5 Å². The highest BCUT2D eigenvalue weighted by molar-refractivity contribution is 6.31. The summed E-state index contributed by atoms with van der Waals surface area (Å²) < 4.78 is 25.1. The van der Waals surface area contributed by atoms with Gasteiger partial charge in [-0.3, -0.25) is 4.90 Å². The van der Waals surface area contributed by atoms with Gasteiger partial charge in [-0.15, -0.1) is 0 Å². The molecule has 1 atom stereocenters. The molecule has 2 aromatic rings. The molecule has 7 nitrogen and oxygen atoms in total. The highest BCUT2D eigenvalue weighted by atomic mass is 35.5. The number of benzene rings is 1. The van der Waals surface area contributed by atoms with Crippen LogP contribution < -0.4 is 10.6 Å². The number of rotatable bonds is 8. The van der Waals surface area contributed by atoms with Gasteiger partial charge in [0.15, 0.2) is 0 Å². The molecule has 9 heteroatoms. The van der Waals surface area contributed by atoms with Gasteiger partial charge in [0.05, 0.1) is 18.4 Å². The number of urea groups is 1. The van der Waals surface area contributed by atoms with Crippen molar-refractivity contribution in [3.63, 3.8) is 0 Å². The fraction of sp³-hybridized carbons (Fsp3) is 0.364. The molecule has 4 rings (SSSR count). The van der Waals surface area contributed by atoms with E-state index in [0.29, 0.717) is 22.0 Å². The van der Waals surface area contributed by atoms with Gasteiger partial charge in [-0.2, -0.15) is 0 Å². The van der Waals surface area contributed by atoms with E-state index in [4.69, 9.17) is 20.8 Å². The minimum atomic E-state index is -0.782. The van der Waals surface area contributed by atoms with Crippen molar-refractivity contribution in [3.05, 3.63) is 70.0 Å². The first kappa shape index (κ1) is 21.4. The number of esters is 1. The predicted octanol–water partition coefficient (Wildman–Crippen LogP) is 3.91. The third-order valence-electron chi connectivity index (χ3n) is 5.32. The lowest BCUT2D eigenvalue weighted by molar-refractivity contribution is -0.139. The van der Waals surface area contributed by atoms with Gasteiger partial charge in [0.1, 0.15) is 17.6 Å². The van der Waals surface area contributed by atoms with Gasteiger partial charge in [0.2, 0.25) is 0 Å². The van der Waals surface area contributed by atoms with Crippen LogP contribution in [0.3, 0.4) is 0 Å². The smallest absolute Gasteiger partial charge is 0.338 e. The second-order valence-corrected chi connectivity index (χ2v) is 7.90. The number of hydrogen-bond acceptors (Lipinski definition) is 5. The van der Waals surface area contributed by atoms with E-state index in [1.807, 2.05) is 4.90 Å². The van der Waals surface area contributed by atoms with Crippen LogP contribution in [0, 0.1) is 5.82 Å². The van der Waals surface area contributed by atoms with Gasteiger partial charge < -0.3 is 19.8 Å². The summed E-state index contributed by atoms with van der Waals surface area (Å²) in [4.78, 5) is 27.2. The van der Waals surface area contributed by atoms with Crippen LogP contribution in [0.2, 0.25) is 5.02 Å². The molecule has 1 aromatic heterocycles. The molecule has 2 heterocycles. The average molecular weight is 448 g/mol. The molecule has 31 heavy (non-hydrogen) atoms. The van der Waals surface area contributed by atoms with Crippen LogP contribution in [0.5, 0.6) is 0 Å². The summed E-state index contributed by atoms with van der Waals surface area (Å²) >= 11 is 6.23. The number of hydrogen-bond donors (Lipinski definition) is 2. The molecule has 1 unspecified atom stereocenters. The van der Waals surface area contributed by atoms with Gasteiger partial charge in [-0.25, -0.2) is 14.0 Å². The number of furan rings is 1. The zero-order chi connectivity index (χ0) is 22.0. The molecule has 164 valence electrons. The van der Waals surface area contributed by atoms with E-state index in [2.05, 4.69) is 10.6 Å². The summed E-state index contributed by atoms with van der Waals surface area (Å²) in [5.74, 6) is -0.517. The van der Waals surface area contributed by atoms with Gasteiger partial charge in [0.25, 0.3) is 0 Å². The minimum Gasteiger partial charge on any atom is -0.467 e. The molecular weight excluding hydrogens is 425 g/mol. The van der Waals surface area contributed by atoms with Crippen LogP contribution in [0.4, 0.5) is 9.18 Å². The summed E-state index contributed by atoms with van der Waals surface area (Å²) in [6, 6.07) is 6.92. The molecule has 2 aliphatic rings. The fourth-order valence-electron chi connectivity index (χ4n) is 3.70. The Labute approximate surface area is 184 Å². The fourth-order valence-corrected chi connectivity index (χ4v) is 3.93. The normalized spacial score (nSPS) is 18.7. The topological polar surface area (TPSA) is 83.8 Å². The Kier molecular flexibility index (Phi) is 6.29. The Bertz CT molecular complexity index is 984. The Morgan fingerprint density at radius 2 is 2.10 bits per heavy atom. The minimum absolute atomic E-state index is 0.186. The zero-order valence-corrected chi connectivity index (χ0v) is 17.7. The summed E-state index contributed by atoms with van der Waals surface area (Å²) in [7, 11) is 0. The van der Waals surface area contributed by atoms with Crippen molar-refractivity contribution < 1.29 is 23.1 Å². The number of carbonyl (C=O) groups excluding carboxylic acids is 2. The Morgan fingerprint density at radius 3 is 2.74 bits per heavy atom. The molecule has 0 spiro atoms. The number of nitrogens with one attached hydrogen (secondary N) is 2. The van der Waals surface area contributed by atoms with Crippen LogP contribution in [-0.2, 0) is 16.1 Å². The molecule has 0 bridgehead atoms. The van der Waals surface area contributed by atoms with E-state index in [0.717, 1.165) is 12.8 Å². The summed E-state index contributed by atoms with van der Waals surface area (Å²) in [6.45, 7) is 2.38. The summed E-state index contributed by atoms with van der Waals surface area (Å²) in [6.07, 6.45) is 3.37. The van der Waals surface area contributed by atoms with Gasteiger partial charge >= 0.3 is 12.0 Å². The maximum Gasteiger partial charge on any atom is 0.338 e. The number of ether oxygens (including phenoxy) is 1. The van der Waals surface area contributed by atoms with Crippen molar-refractivity contribution in [1.29, 1.82) is 0 Å². The molecule has 2 amide bonds. The zero-order valence-electron chi connectivity index (χ0n) is 17.0. The highest BCUT2D eigenvalue weighted by Crippen LogP contribution is 2.34. The van der Waals surface area contributed by atoms with Crippen molar-refractivity contribution in [2.75, 3.05) is 13.2 Å². The predicted molar refractivity (Wildman–Crippen MR) is 112 cm³/mol. The Balaban J connectivity index is 1.69. The molecular formula is C22H23ClFN3O4. The first-order valence-electron chi connectivity index (χ1n) is 10.2. The third-order valence-corrected chi connectivity index (χ3v) is 5.68. The quantitative estimate of drug-likeness (QED) is 0.599. The number of halogens is 2. The summed E-state index contributed by atoms with van der Waals surface area (Å²) in [5, 5.41) is 5.81. The van der Waals surface area contributed by atoms with Crippen molar-refractivity contribution in [2.45, 2.75) is 38.4 Å².